The molecule has 0 unspecified atom stereocenters. The quantitative estimate of drug-likeness (QED) is 0.659. The molecule has 0 saturated carbocycles. The Morgan fingerprint density at radius 1 is 0.905 bits per heavy atom. The van der Waals surface area contributed by atoms with Crippen LogP contribution in [0.2, 0.25) is 0 Å². The van der Waals surface area contributed by atoms with Gasteiger partial charge in [0.1, 0.15) is 0 Å². The highest BCUT2D eigenvalue weighted by Crippen LogP contribution is 2.42. The SMILES string of the molecule is C=CCC1(CC=C)C(c2cccs2)=NN=C1c1cccs1. The molecule has 21 heavy (non-hydrogen) atoms. The van der Waals surface area contributed by atoms with Gasteiger partial charge in [-0.3, -0.25) is 0 Å². The summed E-state index contributed by atoms with van der Waals surface area (Å²) in [6.07, 6.45) is 5.54. The zero-order chi connectivity index (χ0) is 14.7. The standard InChI is InChI=1S/C17H16N2S2/c1-3-9-17(10-4-2)15(13-7-5-11-20-13)18-19-16(17)14-8-6-12-21-14/h3-8,11-12H,1-2,9-10H2. The molecule has 2 aromatic heterocycles. The van der Waals surface area contributed by atoms with Crippen molar-refractivity contribution < 1.29 is 0 Å². The lowest BCUT2D eigenvalue weighted by molar-refractivity contribution is 0.606. The van der Waals surface area contributed by atoms with E-state index in [0.717, 1.165) is 24.3 Å². The third-order valence-electron chi connectivity index (χ3n) is 3.65. The highest BCUT2D eigenvalue weighted by molar-refractivity contribution is 7.13. The van der Waals surface area contributed by atoms with E-state index in [1.54, 1.807) is 22.7 Å². The summed E-state index contributed by atoms with van der Waals surface area (Å²) in [5.74, 6) is 0. The molecule has 0 atom stereocenters. The molecule has 0 saturated heterocycles. The third-order valence-corrected chi connectivity index (χ3v) is 5.40. The van der Waals surface area contributed by atoms with Crippen molar-refractivity contribution in [1.29, 1.82) is 0 Å². The lowest BCUT2D eigenvalue weighted by atomic mass is 9.72. The number of hydrogen-bond acceptors (Lipinski definition) is 4. The van der Waals surface area contributed by atoms with Crippen LogP contribution in [0.5, 0.6) is 0 Å². The Hall–Kier alpha value is -1.78. The van der Waals surface area contributed by atoms with E-state index in [1.807, 2.05) is 12.2 Å². The molecule has 0 spiro atoms. The molecule has 2 aromatic rings. The summed E-state index contributed by atoms with van der Waals surface area (Å²) in [6, 6.07) is 8.32. The van der Waals surface area contributed by atoms with E-state index < -0.39 is 0 Å². The van der Waals surface area contributed by atoms with Crippen LogP contribution in [0.1, 0.15) is 22.6 Å². The first-order valence-electron chi connectivity index (χ1n) is 6.78. The highest BCUT2D eigenvalue weighted by Gasteiger charge is 2.44. The van der Waals surface area contributed by atoms with E-state index in [1.165, 1.54) is 9.75 Å². The molecule has 0 radical (unpaired) electrons. The van der Waals surface area contributed by atoms with Gasteiger partial charge in [-0.15, -0.1) is 35.8 Å². The van der Waals surface area contributed by atoms with Gasteiger partial charge < -0.3 is 0 Å². The normalized spacial score (nSPS) is 16.4. The molecular weight excluding hydrogens is 296 g/mol. The first-order valence-corrected chi connectivity index (χ1v) is 8.54. The molecule has 0 amide bonds. The van der Waals surface area contributed by atoms with E-state index in [4.69, 9.17) is 0 Å². The fourth-order valence-corrected chi connectivity index (χ4v) is 4.38. The van der Waals surface area contributed by atoms with Crippen LogP contribution < -0.4 is 0 Å². The zero-order valence-corrected chi connectivity index (χ0v) is 13.3. The Kier molecular flexibility index (Phi) is 3.99. The summed E-state index contributed by atoms with van der Waals surface area (Å²) in [4.78, 5) is 2.35. The van der Waals surface area contributed by atoms with E-state index >= 15 is 0 Å². The summed E-state index contributed by atoms with van der Waals surface area (Å²) in [5.41, 5.74) is 1.85. The summed E-state index contributed by atoms with van der Waals surface area (Å²) in [7, 11) is 0. The molecule has 0 N–H and O–H groups in total. The molecule has 0 fully saturated rings. The van der Waals surface area contributed by atoms with Crippen LogP contribution in [0.4, 0.5) is 0 Å². The van der Waals surface area contributed by atoms with Crippen LogP contribution in [-0.4, -0.2) is 11.4 Å². The maximum absolute atomic E-state index is 4.53. The molecule has 1 aliphatic rings. The van der Waals surface area contributed by atoms with Gasteiger partial charge in [-0.2, -0.15) is 10.2 Å². The second-order valence-electron chi connectivity index (χ2n) is 4.92. The van der Waals surface area contributed by atoms with Crippen molar-refractivity contribution in [2.75, 3.05) is 0 Å². The highest BCUT2D eigenvalue weighted by atomic mass is 32.1. The Bertz CT molecular complexity index is 629. The van der Waals surface area contributed by atoms with Crippen LogP contribution >= 0.6 is 22.7 Å². The molecule has 1 aliphatic heterocycles. The predicted molar refractivity (Wildman–Crippen MR) is 93.8 cm³/mol. The number of rotatable bonds is 6. The summed E-state index contributed by atoms with van der Waals surface area (Å²) in [5, 5.41) is 13.2. The van der Waals surface area contributed by atoms with Crippen molar-refractivity contribution in [3.63, 3.8) is 0 Å². The first-order chi connectivity index (χ1) is 10.3. The first kappa shape index (κ1) is 14.2. The van der Waals surface area contributed by atoms with Crippen molar-refractivity contribution >= 4 is 34.1 Å². The topological polar surface area (TPSA) is 24.7 Å². The van der Waals surface area contributed by atoms with Crippen LogP contribution in [0.3, 0.4) is 0 Å². The predicted octanol–water partition coefficient (Wildman–Crippen LogP) is 5.16. The maximum atomic E-state index is 4.53. The molecule has 0 aliphatic carbocycles. The van der Waals surface area contributed by atoms with Crippen molar-refractivity contribution in [3.8, 4) is 0 Å². The van der Waals surface area contributed by atoms with E-state index in [9.17, 15) is 0 Å². The summed E-state index contributed by atoms with van der Waals surface area (Å²) < 4.78 is 0. The average Bonchev–Trinajstić information content (AvgIpc) is 3.19. The van der Waals surface area contributed by atoms with Gasteiger partial charge in [0.15, 0.2) is 0 Å². The molecule has 2 nitrogen and oxygen atoms in total. The Morgan fingerprint density at radius 2 is 1.38 bits per heavy atom. The van der Waals surface area contributed by atoms with Gasteiger partial charge in [-0.1, -0.05) is 24.3 Å². The number of thiophene rings is 2. The second-order valence-corrected chi connectivity index (χ2v) is 6.81. The number of nitrogens with zero attached hydrogens (tertiary/aromatic N) is 2. The minimum absolute atomic E-state index is 0.237. The van der Waals surface area contributed by atoms with Gasteiger partial charge in [0, 0.05) is 0 Å². The average molecular weight is 312 g/mol. The fraction of sp³-hybridized carbons (Fsp3) is 0.176. The Labute approximate surface area is 132 Å². The minimum Gasteiger partial charge on any atom is -0.153 e. The van der Waals surface area contributed by atoms with Gasteiger partial charge in [0.05, 0.1) is 26.6 Å². The molecule has 3 rings (SSSR count). The van der Waals surface area contributed by atoms with Crippen molar-refractivity contribution in [1.82, 2.24) is 0 Å². The van der Waals surface area contributed by atoms with Gasteiger partial charge >= 0.3 is 0 Å². The molecular formula is C17H16N2S2. The van der Waals surface area contributed by atoms with Gasteiger partial charge in [0.25, 0.3) is 0 Å². The second kappa shape index (κ2) is 5.92. The van der Waals surface area contributed by atoms with Crippen molar-refractivity contribution in [3.05, 3.63) is 70.1 Å². The lowest BCUT2D eigenvalue weighted by Gasteiger charge is -2.29. The van der Waals surface area contributed by atoms with E-state index in [0.29, 0.717) is 0 Å². The van der Waals surface area contributed by atoms with Crippen LogP contribution in [-0.2, 0) is 0 Å². The van der Waals surface area contributed by atoms with Crippen LogP contribution in [0.15, 0.2) is 70.5 Å². The van der Waals surface area contributed by atoms with Crippen LogP contribution in [0, 0.1) is 5.41 Å². The fourth-order valence-electron chi connectivity index (χ4n) is 2.76. The lowest BCUT2D eigenvalue weighted by Crippen LogP contribution is -2.36. The molecule has 0 aromatic carbocycles. The smallest absolute Gasteiger partial charge is 0.0931 e. The van der Waals surface area contributed by atoms with Gasteiger partial charge in [-0.05, 0) is 35.7 Å². The monoisotopic (exact) mass is 312 g/mol. The Morgan fingerprint density at radius 3 is 1.71 bits per heavy atom. The minimum atomic E-state index is -0.237. The third kappa shape index (κ3) is 2.34. The molecule has 4 heteroatoms. The molecule has 3 heterocycles. The van der Waals surface area contributed by atoms with Crippen molar-refractivity contribution in [2.45, 2.75) is 12.8 Å². The van der Waals surface area contributed by atoms with E-state index in [-0.39, 0.29) is 5.41 Å². The van der Waals surface area contributed by atoms with Gasteiger partial charge in [-0.25, -0.2) is 0 Å². The maximum Gasteiger partial charge on any atom is 0.0931 e. The summed E-state index contributed by atoms with van der Waals surface area (Å²) in [6.45, 7) is 7.89. The van der Waals surface area contributed by atoms with Gasteiger partial charge in [0.2, 0.25) is 0 Å². The summed E-state index contributed by atoms with van der Waals surface area (Å²) >= 11 is 3.41. The van der Waals surface area contributed by atoms with Crippen molar-refractivity contribution in [2.24, 2.45) is 15.6 Å². The Balaban J connectivity index is 2.11. The number of allylic oxidation sites excluding steroid dienone is 2. The van der Waals surface area contributed by atoms with E-state index in [2.05, 4.69) is 58.4 Å². The van der Waals surface area contributed by atoms with Crippen LogP contribution in [0.25, 0.3) is 0 Å². The molecule has 106 valence electrons. The largest absolute Gasteiger partial charge is 0.153 e. The zero-order valence-electron chi connectivity index (χ0n) is 11.7. The molecule has 0 bridgehead atoms. The number of hydrogen-bond donors (Lipinski definition) is 0.